The summed E-state index contributed by atoms with van der Waals surface area (Å²) in [6.45, 7) is 3.35. The molecule has 2 aliphatic carbocycles. The standard InChI is InChI=1S/C10H8O2/c1-5-3-7-4-8(10(7)12)9(5)6(2)11/h3-4H,1-2H3. The number of hydrogen-bond acceptors (Lipinski definition) is 2. The van der Waals surface area contributed by atoms with Gasteiger partial charge in [-0.3, -0.25) is 9.59 Å². The quantitative estimate of drug-likeness (QED) is 0.595. The molecule has 0 aromatic heterocycles. The lowest BCUT2D eigenvalue weighted by atomic mass is 9.82. The largest absolute Gasteiger partial charge is 0.294 e. The highest BCUT2D eigenvalue weighted by Crippen LogP contribution is 2.28. The summed E-state index contributed by atoms with van der Waals surface area (Å²) in [7, 11) is 0. The van der Waals surface area contributed by atoms with Crippen LogP contribution in [-0.4, -0.2) is 11.6 Å². The van der Waals surface area contributed by atoms with Gasteiger partial charge in [-0.25, -0.2) is 0 Å². The average Bonchev–Trinajstić information content (AvgIpc) is 2.02. The maximum Gasteiger partial charge on any atom is 0.193 e. The van der Waals surface area contributed by atoms with Crippen LogP contribution >= 0.6 is 0 Å². The molecule has 60 valence electrons. The minimum Gasteiger partial charge on any atom is -0.294 e. The Hall–Kier alpha value is -1.44. The minimum atomic E-state index is -0.0258. The number of ketones is 2. The van der Waals surface area contributed by atoms with Crippen molar-refractivity contribution in [3.63, 3.8) is 0 Å². The van der Waals surface area contributed by atoms with Crippen molar-refractivity contribution in [2.24, 2.45) is 0 Å². The molecule has 2 aliphatic rings. The normalized spacial score (nSPS) is 12.7. The van der Waals surface area contributed by atoms with Gasteiger partial charge in [-0.05, 0) is 31.5 Å². The van der Waals surface area contributed by atoms with Gasteiger partial charge in [0.1, 0.15) is 0 Å². The van der Waals surface area contributed by atoms with E-state index in [2.05, 4.69) is 0 Å². The summed E-state index contributed by atoms with van der Waals surface area (Å²) in [5, 5.41) is 0. The highest BCUT2D eigenvalue weighted by atomic mass is 16.1. The molecule has 0 saturated heterocycles. The lowest BCUT2D eigenvalue weighted by Gasteiger charge is -2.18. The second-order valence-electron chi connectivity index (χ2n) is 3.10. The van der Waals surface area contributed by atoms with Gasteiger partial charge >= 0.3 is 0 Å². The van der Waals surface area contributed by atoms with Crippen molar-refractivity contribution in [2.75, 3.05) is 0 Å². The summed E-state index contributed by atoms with van der Waals surface area (Å²) in [6, 6.07) is 3.54. The Kier molecular flexibility index (Phi) is 1.22. The highest BCUT2D eigenvalue weighted by molar-refractivity contribution is 6.22. The zero-order valence-corrected chi connectivity index (χ0v) is 6.97. The van der Waals surface area contributed by atoms with E-state index < -0.39 is 0 Å². The van der Waals surface area contributed by atoms with Crippen molar-refractivity contribution < 1.29 is 9.59 Å². The third-order valence-electron chi connectivity index (χ3n) is 2.19. The molecule has 1 aromatic carbocycles. The summed E-state index contributed by atoms with van der Waals surface area (Å²) in [6.07, 6.45) is 0. The molecule has 0 unspecified atom stereocenters. The predicted octanol–water partition coefficient (Wildman–Crippen LogP) is 1.74. The Morgan fingerprint density at radius 3 is 2.42 bits per heavy atom. The first kappa shape index (κ1) is 7.22. The molecule has 2 heteroatoms. The van der Waals surface area contributed by atoms with Crippen LogP contribution in [0.3, 0.4) is 0 Å². The molecule has 2 bridgehead atoms. The molecule has 0 N–H and O–H groups in total. The van der Waals surface area contributed by atoms with Gasteiger partial charge in [-0.2, -0.15) is 0 Å². The topological polar surface area (TPSA) is 34.1 Å². The van der Waals surface area contributed by atoms with Gasteiger partial charge in [0.05, 0.1) is 0 Å². The van der Waals surface area contributed by atoms with Crippen LogP contribution in [0.1, 0.15) is 38.8 Å². The zero-order chi connectivity index (χ0) is 8.88. The van der Waals surface area contributed by atoms with Crippen LogP contribution in [0.15, 0.2) is 12.1 Å². The number of carbonyl (C=O) groups is 2. The molecular weight excluding hydrogens is 152 g/mol. The van der Waals surface area contributed by atoms with Crippen molar-refractivity contribution in [1.29, 1.82) is 0 Å². The van der Waals surface area contributed by atoms with Crippen molar-refractivity contribution in [3.8, 4) is 0 Å². The Bertz CT molecular complexity index is 403. The maximum atomic E-state index is 11.2. The maximum absolute atomic E-state index is 11.2. The SMILES string of the molecule is CC(=O)c1c(C)cc2cc1C2=O. The first-order valence-electron chi connectivity index (χ1n) is 3.81. The molecule has 0 saturated carbocycles. The fourth-order valence-corrected chi connectivity index (χ4v) is 1.64. The van der Waals surface area contributed by atoms with Gasteiger partial charge in [0.25, 0.3) is 0 Å². The summed E-state index contributed by atoms with van der Waals surface area (Å²) < 4.78 is 0. The Morgan fingerprint density at radius 2 is 2.00 bits per heavy atom. The Labute approximate surface area is 70.2 Å². The number of fused-ring (bicyclic) bond motifs is 2. The van der Waals surface area contributed by atoms with Crippen LogP contribution in [0.4, 0.5) is 0 Å². The molecule has 12 heavy (non-hydrogen) atoms. The van der Waals surface area contributed by atoms with Gasteiger partial charge in [0.2, 0.25) is 0 Å². The van der Waals surface area contributed by atoms with E-state index in [1.165, 1.54) is 6.92 Å². The third kappa shape index (κ3) is 0.694. The van der Waals surface area contributed by atoms with E-state index in [0.29, 0.717) is 11.1 Å². The molecule has 2 nitrogen and oxygen atoms in total. The second kappa shape index (κ2) is 2.03. The number of rotatable bonds is 1. The molecule has 0 fully saturated rings. The minimum absolute atomic E-state index is 0.0193. The van der Waals surface area contributed by atoms with E-state index in [4.69, 9.17) is 0 Å². The molecule has 3 rings (SSSR count). The highest BCUT2D eigenvalue weighted by Gasteiger charge is 2.27. The molecule has 1 aromatic rings. The Balaban J connectivity index is 2.72. The average molecular weight is 160 g/mol. The lowest BCUT2D eigenvalue weighted by Crippen LogP contribution is -2.19. The fraction of sp³-hybridized carbons (Fsp3) is 0.200. The monoisotopic (exact) mass is 160 g/mol. The molecule has 0 heterocycles. The van der Waals surface area contributed by atoms with Crippen molar-refractivity contribution in [3.05, 3.63) is 34.4 Å². The second-order valence-corrected chi connectivity index (χ2v) is 3.10. The van der Waals surface area contributed by atoms with Gasteiger partial charge < -0.3 is 0 Å². The van der Waals surface area contributed by atoms with Crippen molar-refractivity contribution in [1.82, 2.24) is 0 Å². The molecule has 0 atom stereocenters. The van der Waals surface area contributed by atoms with E-state index in [1.807, 2.05) is 6.92 Å². The van der Waals surface area contributed by atoms with E-state index in [1.54, 1.807) is 12.1 Å². The van der Waals surface area contributed by atoms with Crippen molar-refractivity contribution in [2.45, 2.75) is 13.8 Å². The lowest BCUT2D eigenvalue weighted by molar-refractivity contribution is 0.0980. The molecule has 0 aliphatic heterocycles. The van der Waals surface area contributed by atoms with Crippen LogP contribution in [-0.2, 0) is 0 Å². The number of Topliss-reactive ketones (excluding diaryl/α,β-unsaturated/α-hetero) is 1. The number of benzene rings is 1. The van der Waals surface area contributed by atoms with Crippen LogP contribution in [0.25, 0.3) is 0 Å². The predicted molar refractivity (Wildman–Crippen MR) is 44.6 cm³/mol. The summed E-state index contributed by atoms with van der Waals surface area (Å²) in [4.78, 5) is 22.3. The van der Waals surface area contributed by atoms with E-state index in [9.17, 15) is 9.59 Å². The number of hydrogen-bond donors (Lipinski definition) is 0. The van der Waals surface area contributed by atoms with Crippen LogP contribution in [0.5, 0.6) is 0 Å². The Morgan fingerprint density at radius 1 is 1.33 bits per heavy atom. The molecule has 0 spiro atoms. The fourth-order valence-electron chi connectivity index (χ4n) is 1.64. The first-order valence-corrected chi connectivity index (χ1v) is 3.81. The summed E-state index contributed by atoms with van der Waals surface area (Å²) >= 11 is 0. The van der Waals surface area contributed by atoms with Crippen LogP contribution in [0, 0.1) is 6.92 Å². The van der Waals surface area contributed by atoms with E-state index in [-0.39, 0.29) is 11.6 Å². The molecule has 0 amide bonds. The number of carbonyl (C=O) groups excluding carboxylic acids is 2. The zero-order valence-electron chi connectivity index (χ0n) is 6.97. The first-order chi connectivity index (χ1) is 5.61. The summed E-state index contributed by atoms with van der Waals surface area (Å²) in [5.74, 6) is -0.00657. The van der Waals surface area contributed by atoms with E-state index >= 15 is 0 Å². The summed E-state index contributed by atoms with van der Waals surface area (Å²) in [5.41, 5.74) is 2.83. The van der Waals surface area contributed by atoms with Crippen LogP contribution in [0.2, 0.25) is 0 Å². The van der Waals surface area contributed by atoms with Gasteiger partial charge in [0, 0.05) is 16.7 Å². The molecular formula is C10H8O2. The number of aryl methyl sites for hydroxylation is 1. The third-order valence-corrected chi connectivity index (χ3v) is 2.19. The van der Waals surface area contributed by atoms with Gasteiger partial charge in [0.15, 0.2) is 11.6 Å². The smallest absolute Gasteiger partial charge is 0.193 e. The molecule has 0 radical (unpaired) electrons. The van der Waals surface area contributed by atoms with Crippen molar-refractivity contribution >= 4 is 11.6 Å². The van der Waals surface area contributed by atoms with Crippen LogP contribution < -0.4 is 0 Å². The van der Waals surface area contributed by atoms with Gasteiger partial charge in [-0.15, -0.1) is 0 Å². The van der Waals surface area contributed by atoms with Gasteiger partial charge in [-0.1, -0.05) is 0 Å². The van der Waals surface area contributed by atoms with E-state index in [0.717, 1.165) is 11.1 Å².